The van der Waals surface area contributed by atoms with Gasteiger partial charge in [-0.05, 0) is 48.0 Å². The van der Waals surface area contributed by atoms with E-state index in [0.29, 0.717) is 10.7 Å². The number of benzene rings is 2. The maximum Gasteiger partial charge on any atom is 0.354 e. The first-order valence-corrected chi connectivity index (χ1v) is 10.9. The number of hydrogen-bond acceptors (Lipinski definition) is 9. The summed E-state index contributed by atoms with van der Waals surface area (Å²) in [6.45, 7) is 1.95. The Balaban J connectivity index is 1.74. The third kappa shape index (κ3) is 5.17. The minimum absolute atomic E-state index is 0.0343. The van der Waals surface area contributed by atoms with Crippen LogP contribution in [0, 0.1) is 12.8 Å². The summed E-state index contributed by atoms with van der Waals surface area (Å²) in [6.07, 6.45) is 3.28. The lowest BCUT2D eigenvalue weighted by atomic mass is 9.78. The topological polar surface area (TPSA) is 121 Å². The van der Waals surface area contributed by atoms with Crippen molar-refractivity contribution in [2.24, 2.45) is 16.1 Å². The molecule has 4 rings (SSSR count). The van der Waals surface area contributed by atoms with Crippen molar-refractivity contribution in [2.75, 3.05) is 14.2 Å². The molecule has 35 heavy (non-hydrogen) atoms. The molecule has 0 amide bonds. The van der Waals surface area contributed by atoms with Crippen molar-refractivity contribution in [1.82, 2.24) is 20.2 Å². The van der Waals surface area contributed by atoms with E-state index in [2.05, 4.69) is 25.6 Å². The van der Waals surface area contributed by atoms with Crippen molar-refractivity contribution in [1.29, 1.82) is 0 Å². The van der Waals surface area contributed by atoms with Crippen molar-refractivity contribution in [3.8, 4) is 5.69 Å². The van der Waals surface area contributed by atoms with E-state index in [4.69, 9.17) is 21.1 Å². The molecule has 0 fully saturated rings. The van der Waals surface area contributed by atoms with Crippen molar-refractivity contribution >= 4 is 41.0 Å². The molecule has 2 unspecified atom stereocenters. The minimum atomic E-state index is -0.709. The first-order chi connectivity index (χ1) is 16.9. The van der Waals surface area contributed by atoms with E-state index in [9.17, 15) is 9.59 Å². The van der Waals surface area contributed by atoms with Gasteiger partial charge in [0.05, 0.1) is 19.9 Å². The third-order valence-corrected chi connectivity index (χ3v) is 5.65. The normalized spacial score (nSPS) is 17.6. The number of rotatable bonds is 6. The number of methoxy groups -OCH3 is 2. The Kier molecular flexibility index (Phi) is 7.11. The van der Waals surface area contributed by atoms with E-state index < -0.39 is 23.8 Å². The fraction of sp³-hybridized carbons (Fsp3) is 0.208. The zero-order chi connectivity index (χ0) is 24.9. The number of carbonyl (C=O) groups is 2. The molecule has 1 aliphatic heterocycles. The van der Waals surface area contributed by atoms with Gasteiger partial charge in [-0.15, -0.1) is 25.2 Å². The molecule has 0 spiro atoms. The van der Waals surface area contributed by atoms with Crippen LogP contribution < -0.4 is 0 Å². The maximum atomic E-state index is 12.6. The highest BCUT2D eigenvalue weighted by molar-refractivity contribution is 6.44. The lowest BCUT2D eigenvalue weighted by Crippen LogP contribution is -2.38. The fourth-order valence-electron chi connectivity index (χ4n) is 3.63. The number of allylic oxidation sites excluding steroid dienone is 1. The second-order valence-electron chi connectivity index (χ2n) is 7.64. The van der Waals surface area contributed by atoms with Crippen LogP contribution in [-0.4, -0.2) is 57.8 Å². The summed E-state index contributed by atoms with van der Waals surface area (Å²) in [6, 6.07) is 14.5. The second kappa shape index (κ2) is 10.4. The Hall–Kier alpha value is -4.18. The molecule has 2 atom stereocenters. The zero-order valence-corrected chi connectivity index (χ0v) is 19.9. The largest absolute Gasteiger partial charge is 0.464 e. The van der Waals surface area contributed by atoms with Crippen molar-refractivity contribution in [3.05, 3.63) is 76.6 Å². The molecule has 0 radical (unpaired) electrons. The summed E-state index contributed by atoms with van der Waals surface area (Å²) >= 11 is 5.94. The molecular weight excluding hydrogens is 472 g/mol. The molecule has 10 nitrogen and oxygen atoms in total. The molecular formula is C24H21ClN6O4. The second-order valence-corrected chi connectivity index (χ2v) is 8.08. The van der Waals surface area contributed by atoms with Gasteiger partial charge in [0.25, 0.3) is 0 Å². The van der Waals surface area contributed by atoms with Crippen molar-refractivity contribution < 1.29 is 19.1 Å². The van der Waals surface area contributed by atoms with Crippen LogP contribution in [0.1, 0.15) is 22.9 Å². The van der Waals surface area contributed by atoms with E-state index in [0.717, 1.165) is 11.1 Å². The summed E-state index contributed by atoms with van der Waals surface area (Å²) < 4.78 is 9.85. The number of tetrazole rings is 1. The molecule has 0 saturated carbocycles. The molecule has 3 aromatic rings. The number of ether oxygens (including phenoxy) is 2. The quantitative estimate of drug-likeness (QED) is 0.484. The van der Waals surface area contributed by atoms with Crippen LogP contribution in [0.5, 0.6) is 0 Å². The zero-order valence-electron chi connectivity index (χ0n) is 19.1. The standard InChI is InChI=1S/C24H21ClN6O4/c1-14-4-6-15(7-5-14)20-18(21(23(32)34-2)27-28-22(20)24(33)35-3)12-13-19-26-30-31(29-19)17-10-8-16(25)9-11-17/h4-13,18,20H,1-3H3/b13-12-. The maximum absolute atomic E-state index is 12.6. The van der Waals surface area contributed by atoms with Gasteiger partial charge in [-0.3, -0.25) is 0 Å². The summed E-state index contributed by atoms with van der Waals surface area (Å²) in [5.74, 6) is -2.39. The molecule has 2 aromatic carbocycles. The van der Waals surface area contributed by atoms with Gasteiger partial charge in [-0.2, -0.15) is 0 Å². The molecule has 1 aromatic heterocycles. The number of esters is 2. The highest BCUT2D eigenvalue weighted by atomic mass is 35.5. The van der Waals surface area contributed by atoms with Gasteiger partial charge >= 0.3 is 11.9 Å². The number of aromatic nitrogens is 4. The van der Waals surface area contributed by atoms with Crippen LogP contribution in [-0.2, 0) is 19.1 Å². The fourth-order valence-corrected chi connectivity index (χ4v) is 3.75. The van der Waals surface area contributed by atoms with Crippen molar-refractivity contribution in [3.63, 3.8) is 0 Å². The van der Waals surface area contributed by atoms with E-state index in [-0.39, 0.29) is 17.2 Å². The molecule has 1 aliphatic rings. The van der Waals surface area contributed by atoms with E-state index in [1.165, 1.54) is 19.0 Å². The first-order valence-electron chi connectivity index (χ1n) is 10.5. The number of carbonyl (C=O) groups excluding carboxylic acids is 2. The average Bonchev–Trinajstić information content (AvgIpc) is 3.36. The smallest absolute Gasteiger partial charge is 0.354 e. The molecule has 11 heteroatoms. The summed E-state index contributed by atoms with van der Waals surface area (Å²) in [5.41, 5.74) is 2.57. The van der Waals surface area contributed by atoms with Gasteiger partial charge in [-0.1, -0.05) is 47.5 Å². The Morgan fingerprint density at radius 1 is 0.943 bits per heavy atom. The van der Waals surface area contributed by atoms with Crippen LogP contribution in [0.2, 0.25) is 5.02 Å². The summed E-state index contributed by atoms with van der Waals surface area (Å²) in [4.78, 5) is 26.5. The first kappa shape index (κ1) is 24.0. The molecule has 2 heterocycles. The van der Waals surface area contributed by atoms with Crippen molar-refractivity contribution in [2.45, 2.75) is 12.8 Å². The third-order valence-electron chi connectivity index (χ3n) is 5.40. The Labute approximate surface area is 205 Å². The van der Waals surface area contributed by atoms with E-state index >= 15 is 0 Å². The van der Waals surface area contributed by atoms with Crippen LogP contribution >= 0.6 is 11.6 Å². The highest BCUT2D eigenvalue weighted by Gasteiger charge is 2.40. The predicted molar refractivity (Wildman–Crippen MR) is 130 cm³/mol. The number of halogens is 1. The molecule has 0 saturated heterocycles. The monoisotopic (exact) mass is 492 g/mol. The van der Waals surface area contributed by atoms with Gasteiger partial charge in [0.1, 0.15) is 0 Å². The summed E-state index contributed by atoms with van der Waals surface area (Å²) in [7, 11) is 2.52. The molecule has 0 bridgehead atoms. The van der Waals surface area contributed by atoms with Crippen LogP contribution in [0.25, 0.3) is 11.8 Å². The lowest BCUT2D eigenvalue weighted by molar-refractivity contribution is -0.134. The lowest BCUT2D eigenvalue weighted by Gasteiger charge is -2.28. The SMILES string of the molecule is COC(=O)C1=NN=C(C(=O)OC)C(c2ccc(C)cc2)C1/C=C\c1nnn(-c2ccc(Cl)cc2)n1. The Bertz CT molecular complexity index is 1330. The minimum Gasteiger partial charge on any atom is -0.464 e. The van der Waals surface area contributed by atoms with Crippen LogP contribution in [0.4, 0.5) is 0 Å². The Morgan fingerprint density at radius 3 is 2.23 bits per heavy atom. The van der Waals surface area contributed by atoms with Gasteiger partial charge in [-0.25, -0.2) is 9.59 Å². The Morgan fingerprint density at radius 2 is 1.57 bits per heavy atom. The van der Waals surface area contributed by atoms with E-state index in [1.54, 1.807) is 36.4 Å². The summed E-state index contributed by atoms with van der Waals surface area (Å²) in [5, 5.41) is 21.1. The average molecular weight is 493 g/mol. The van der Waals surface area contributed by atoms with Gasteiger partial charge in [0.2, 0.25) is 0 Å². The van der Waals surface area contributed by atoms with Gasteiger partial charge < -0.3 is 9.47 Å². The van der Waals surface area contributed by atoms with Crippen LogP contribution in [0.15, 0.2) is 64.8 Å². The number of nitrogens with zero attached hydrogens (tertiary/aromatic N) is 6. The molecule has 0 N–H and O–H groups in total. The molecule has 178 valence electrons. The van der Waals surface area contributed by atoms with E-state index in [1.807, 2.05) is 31.2 Å². The predicted octanol–water partition coefficient (Wildman–Crippen LogP) is 3.19. The van der Waals surface area contributed by atoms with Gasteiger partial charge in [0.15, 0.2) is 17.2 Å². The molecule has 0 aliphatic carbocycles. The number of hydrogen-bond donors (Lipinski definition) is 0. The van der Waals surface area contributed by atoms with Crippen LogP contribution in [0.3, 0.4) is 0 Å². The number of aryl methyl sites for hydroxylation is 1. The van der Waals surface area contributed by atoms with Gasteiger partial charge in [0, 0.05) is 16.9 Å². The highest BCUT2D eigenvalue weighted by Crippen LogP contribution is 2.33.